The molecule has 0 aliphatic carbocycles. The Bertz CT molecular complexity index is 648. The summed E-state index contributed by atoms with van der Waals surface area (Å²) in [5, 5.41) is 0. The van der Waals surface area contributed by atoms with Crippen molar-refractivity contribution in [1.82, 2.24) is 0 Å². The molecule has 3 heterocycles. The molecule has 0 spiro atoms. The van der Waals surface area contributed by atoms with Crippen molar-refractivity contribution in [3.05, 3.63) is 56.4 Å². The fraction of sp³-hybridized carbons (Fsp3) is 0.800. The van der Waals surface area contributed by atoms with Crippen molar-refractivity contribution in [2.45, 2.75) is 193 Å². The summed E-state index contributed by atoms with van der Waals surface area (Å²) in [5.41, 5.74) is 0. The van der Waals surface area contributed by atoms with E-state index >= 15 is 0 Å². The third-order valence-electron chi connectivity index (χ3n) is 10.1. The maximum atomic E-state index is 7.50. The molecule has 0 radical (unpaired) electrons. The Kier molecular flexibility index (Phi) is 56.2. The van der Waals surface area contributed by atoms with Crippen LogP contribution < -0.4 is 0 Å². The predicted molar refractivity (Wildman–Crippen MR) is 221 cm³/mol. The Morgan fingerprint density at radius 2 is 0.373 bits per heavy atom. The van der Waals surface area contributed by atoms with Crippen molar-refractivity contribution in [3.63, 3.8) is 0 Å². The smallest absolute Gasteiger partial charge is 0 e. The molecule has 0 aromatic heterocycles. The molecule has 3 nitrogen and oxygen atoms in total. The standard InChI is InChI=1S/C42H78P2.3CO.Fe/c1-2-8-14-20-26-32-38-44-41-35-29-23-17-11-5-3-9-15-21-27-33-39-43(37-31-25-19-13-7-1)40-34-28-22-16-10-4-6-12-18-24-30-36-42-44;3*1-2;/h1-6H,7-42H2;;;;/b2-1+,5-3+,6-4+;;;;. The predicted octanol–water partition coefficient (Wildman–Crippen LogP) is 15.2. The molecule has 294 valence electrons. The minimum Gasteiger partial charge on any atom is 0 e. The summed E-state index contributed by atoms with van der Waals surface area (Å²) in [6, 6.07) is 0. The molecule has 3 rings (SSSR count). The molecule has 6 heteroatoms. The van der Waals surface area contributed by atoms with Gasteiger partial charge >= 0.3 is 33.9 Å². The second kappa shape index (κ2) is 51.9. The van der Waals surface area contributed by atoms with E-state index in [2.05, 4.69) is 56.4 Å². The summed E-state index contributed by atoms with van der Waals surface area (Å²) in [6.45, 7) is 13.5. The van der Waals surface area contributed by atoms with E-state index in [9.17, 15) is 0 Å². The van der Waals surface area contributed by atoms with E-state index in [1.54, 1.807) is 37.0 Å². The van der Waals surface area contributed by atoms with Crippen molar-refractivity contribution in [3.8, 4) is 0 Å². The maximum absolute atomic E-state index is 7.50. The van der Waals surface area contributed by atoms with Crippen molar-refractivity contribution in [1.29, 1.82) is 0 Å². The van der Waals surface area contributed by atoms with E-state index < -0.39 is 0 Å². The molecule has 0 saturated carbocycles. The van der Waals surface area contributed by atoms with Gasteiger partial charge in [-0.1, -0.05) is 114 Å². The van der Waals surface area contributed by atoms with Crippen molar-refractivity contribution < 1.29 is 31.0 Å². The van der Waals surface area contributed by atoms with Crippen LogP contribution in [0.15, 0.2) is 36.5 Å². The average molecular weight is 785 g/mol. The molecule has 3 aliphatic heterocycles. The van der Waals surface area contributed by atoms with Gasteiger partial charge in [0.15, 0.2) is 0 Å². The van der Waals surface area contributed by atoms with Gasteiger partial charge in [-0.2, -0.15) is 0 Å². The van der Waals surface area contributed by atoms with E-state index in [1.165, 1.54) is 193 Å². The van der Waals surface area contributed by atoms with Crippen LogP contribution in [-0.4, -0.2) is 37.0 Å². The van der Waals surface area contributed by atoms with Gasteiger partial charge in [0.2, 0.25) is 0 Å². The van der Waals surface area contributed by atoms with Gasteiger partial charge in [-0.25, -0.2) is 0 Å². The van der Waals surface area contributed by atoms with Crippen LogP contribution in [0.1, 0.15) is 193 Å². The minimum atomic E-state index is 0. The molecule has 0 amide bonds. The molecule has 51 heavy (non-hydrogen) atoms. The third-order valence-corrected chi connectivity index (χ3v) is 15.8. The van der Waals surface area contributed by atoms with Crippen LogP contribution in [0.4, 0.5) is 0 Å². The van der Waals surface area contributed by atoms with Crippen LogP contribution in [0, 0.1) is 20.0 Å². The minimum absolute atomic E-state index is 0. The molecule has 0 aromatic rings. The van der Waals surface area contributed by atoms with Crippen molar-refractivity contribution >= 4 is 15.8 Å². The first kappa shape index (κ1) is 55.2. The van der Waals surface area contributed by atoms with E-state index in [4.69, 9.17) is 14.0 Å². The summed E-state index contributed by atoms with van der Waals surface area (Å²) in [7, 11) is 0.581. The Labute approximate surface area is 331 Å². The summed E-state index contributed by atoms with van der Waals surface area (Å²) in [4.78, 5) is 0. The number of rotatable bonds is 0. The number of allylic oxidation sites excluding steroid dienone is 6. The largest absolute Gasteiger partial charge is 0 e. The Morgan fingerprint density at radius 3 is 0.529 bits per heavy atom. The molecule has 2 bridgehead atoms. The van der Waals surface area contributed by atoms with Crippen LogP contribution in [0.3, 0.4) is 0 Å². The van der Waals surface area contributed by atoms with E-state index in [0.29, 0.717) is 15.8 Å². The summed E-state index contributed by atoms with van der Waals surface area (Å²) >= 11 is 0. The third kappa shape index (κ3) is 44.1. The molecular weight excluding hydrogens is 706 g/mol. The van der Waals surface area contributed by atoms with Crippen LogP contribution in [0.2, 0.25) is 0 Å². The van der Waals surface area contributed by atoms with Gasteiger partial charge in [0.1, 0.15) is 0 Å². The summed E-state index contributed by atoms with van der Waals surface area (Å²) < 4.78 is 22.5. The second-order valence-corrected chi connectivity index (χ2v) is 19.7. The Balaban J connectivity index is -0.00000312. The van der Waals surface area contributed by atoms with E-state index in [-0.39, 0.29) is 17.1 Å². The van der Waals surface area contributed by atoms with Gasteiger partial charge in [-0.3, -0.25) is 0 Å². The molecule has 0 N–H and O–H groups in total. The van der Waals surface area contributed by atoms with Gasteiger partial charge in [0.05, 0.1) is 0 Å². The fourth-order valence-corrected chi connectivity index (χ4v) is 12.5. The monoisotopic (exact) mass is 784 g/mol. The van der Waals surface area contributed by atoms with E-state index in [1.807, 2.05) is 0 Å². The van der Waals surface area contributed by atoms with Crippen LogP contribution >= 0.6 is 15.8 Å². The van der Waals surface area contributed by atoms with Gasteiger partial charge in [0, 0.05) is 17.1 Å². The van der Waals surface area contributed by atoms with Crippen molar-refractivity contribution in [2.75, 3.05) is 37.0 Å². The normalized spacial score (nSPS) is 25.1. The first-order chi connectivity index (χ1) is 24.9. The molecule has 0 unspecified atom stereocenters. The zero-order valence-electron chi connectivity index (χ0n) is 32.9. The van der Waals surface area contributed by atoms with Crippen LogP contribution in [-0.2, 0) is 31.0 Å². The van der Waals surface area contributed by atoms with Crippen molar-refractivity contribution in [2.24, 2.45) is 0 Å². The van der Waals surface area contributed by atoms with E-state index in [0.717, 1.165) is 0 Å². The Hall–Kier alpha value is -0.181. The zero-order chi connectivity index (χ0) is 36.9. The van der Waals surface area contributed by atoms with Gasteiger partial charge in [-0.15, -0.1) is 15.8 Å². The number of hydrogen-bond acceptors (Lipinski definition) is 0. The van der Waals surface area contributed by atoms with Gasteiger partial charge in [-0.05, 0) is 153 Å². The SMILES string of the molecule is C1=C/CCCCCCP2CCCCCC/C=C/CCCCCCP(CCCCCC/1)CCCCCC/C=C/CCCCCC2.[C-]#[O+].[C-]#[O+].[C-]#[O+].[Fe]. The first-order valence-corrected chi connectivity index (χ1v) is 24.8. The molecule has 0 fully saturated rings. The molecule has 0 saturated heterocycles. The average Bonchev–Trinajstić information content (AvgIpc) is 3.16. The van der Waals surface area contributed by atoms with Gasteiger partial charge < -0.3 is 0 Å². The molecule has 0 aromatic carbocycles. The quantitative estimate of drug-likeness (QED) is 0.0772. The maximum Gasteiger partial charge on any atom is 0 e. The summed E-state index contributed by atoms with van der Waals surface area (Å²) in [6.07, 6.45) is 67.6. The number of fused-ring (bicyclic) bond motifs is 36. The molecule has 0 atom stereocenters. The second-order valence-electron chi connectivity index (χ2n) is 14.3. The first-order valence-electron chi connectivity index (χ1n) is 21.0. The van der Waals surface area contributed by atoms with Crippen LogP contribution in [0.5, 0.6) is 0 Å². The van der Waals surface area contributed by atoms with Gasteiger partial charge in [0.25, 0.3) is 0 Å². The molecular formula is C45H78FeO3P2. The van der Waals surface area contributed by atoms with Crippen LogP contribution in [0.25, 0.3) is 0 Å². The zero-order valence-corrected chi connectivity index (χ0v) is 35.8. The molecule has 3 aliphatic rings. The Morgan fingerprint density at radius 1 is 0.235 bits per heavy atom. The number of hydrogen-bond donors (Lipinski definition) is 0. The fourth-order valence-electron chi connectivity index (χ4n) is 7.08. The summed E-state index contributed by atoms with van der Waals surface area (Å²) in [5.74, 6) is 0. The topological polar surface area (TPSA) is 59.7 Å².